The first-order chi connectivity index (χ1) is 16.2. The summed E-state index contributed by atoms with van der Waals surface area (Å²) in [7, 11) is 0. The van der Waals surface area contributed by atoms with Gasteiger partial charge in [0.25, 0.3) is 0 Å². The second-order valence-electron chi connectivity index (χ2n) is 7.21. The maximum absolute atomic E-state index is 9.77. The Morgan fingerprint density at radius 3 is 2.15 bits per heavy atom. The van der Waals surface area contributed by atoms with Gasteiger partial charge in [-0.15, -0.1) is 11.3 Å². The average Bonchev–Trinajstić information content (AvgIpc) is 3.24. The summed E-state index contributed by atoms with van der Waals surface area (Å²) in [5.74, 6) is -2.64. The summed E-state index contributed by atoms with van der Waals surface area (Å²) < 4.78 is 6.95. The molecule has 11 heteroatoms. The molecule has 0 saturated heterocycles. The van der Waals surface area contributed by atoms with E-state index in [1.807, 2.05) is 30.3 Å². The molecule has 2 atom stereocenters. The fourth-order valence-corrected chi connectivity index (χ4v) is 3.88. The highest BCUT2D eigenvalue weighted by Gasteiger charge is 2.29. The number of thiazole rings is 1. The van der Waals surface area contributed by atoms with Crippen molar-refractivity contribution in [3.8, 4) is 16.3 Å². The van der Waals surface area contributed by atoms with E-state index in [0.717, 1.165) is 51.9 Å². The largest absolute Gasteiger partial charge is 0.492 e. The summed E-state index contributed by atoms with van der Waals surface area (Å²) in [5, 5.41) is 33.5. The molecule has 0 spiro atoms. The molecular formula is C23H29N3O7S. The lowest BCUT2D eigenvalue weighted by atomic mass is 10.2. The number of nitrogens with zero attached hydrogens (tertiary/aromatic N) is 2. The molecule has 0 saturated carbocycles. The molecule has 0 aliphatic heterocycles. The number of ether oxygens (including phenoxy) is 1. The van der Waals surface area contributed by atoms with E-state index in [2.05, 4.69) is 35.9 Å². The number of aliphatic hydroxyl groups excluding tert-OH is 2. The van der Waals surface area contributed by atoms with E-state index in [0.29, 0.717) is 6.61 Å². The molecule has 184 valence electrons. The fourth-order valence-electron chi connectivity index (χ4n) is 2.86. The zero-order chi connectivity index (χ0) is 25.3. The van der Waals surface area contributed by atoms with E-state index in [1.54, 1.807) is 11.3 Å². The normalized spacial score (nSPS) is 12.6. The molecule has 2 aromatic carbocycles. The highest BCUT2D eigenvalue weighted by atomic mass is 32.1. The Bertz CT molecular complexity index is 1070. The first kappa shape index (κ1) is 27.0. The van der Waals surface area contributed by atoms with Crippen LogP contribution in [0.15, 0.2) is 42.5 Å². The van der Waals surface area contributed by atoms with Gasteiger partial charge in [0, 0.05) is 17.8 Å². The van der Waals surface area contributed by atoms with E-state index in [9.17, 15) is 9.59 Å². The number of carboxylic acid groups (broad SMARTS) is 2. The minimum absolute atomic E-state index is 0.710. The third-order valence-electron chi connectivity index (χ3n) is 4.89. The van der Waals surface area contributed by atoms with Gasteiger partial charge in [-0.2, -0.15) is 0 Å². The number of fused-ring (bicyclic) bond motifs is 1. The summed E-state index contributed by atoms with van der Waals surface area (Å²) in [6.07, 6.45) is -4.53. The summed E-state index contributed by atoms with van der Waals surface area (Å²) >= 11 is 1.66. The number of carbonyl (C=O) groups is 2. The van der Waals surface area contributed by atoms with Crippen LogP contribution in [0.5, 0.6) is 5.75 Å². The van der Waals surface area contributed by atoms with Crippen molar-refractivity contribution >= 4 is 39.2 Å². The van der Waals surface area contributed by atoms with Gasteiger partial charge in [0.05, 0.1) is 10.2 Å². The number of aliphatic hydroxyl groups is 2. The van der Waals surface area contributed by atoms with Gasteiger partial charge >= 0.3 is 11.9 Å². The number of likely N-dealkylation sites (N-methyl/N-ethyl adjacent to an activating group) is 1. The molecule has 1 aromatic heterocycles. The number of benzene rings is 2. The molecule has 3 aromatic rings. The maximum Gasteiger partial charge on any atom is 0.335 e. The Labute approximate surface area is 200 Å². The van der Waals surface area contributed by atoms with Gasteiger partial charge in [0.2, 0.25) is 0 Å². The quantitative estimate of drug-likeness (QED) is 0.265. The molecule has 0 aliphatic carbocycles. The van der Waals surface area contributed by atoms with Crippen LogP contribution >= 0.6 is 11.3 Å². The second kappa shape index (κ2) is 12.8. The first-order valence-corrected chi connectivity index (χ1v) is 11.4. The highest BCUT2D eigenvalue weighted by molar-refractivity contribution is 7.21. The van der Waals surface area contributed by atoms with Gasteiger partial charge in [-0.25, -0.2) is 14.6 Å². The maximum atomic E-state index is 9.77. The number of hydrogen-bond donors (Lipinski definition) is 5. The van der Waals surface area contributed by atoms with Crippen LogP contribution in [0.3, 0.4) is 0 Å². The number of nitrogen functional groups attached to an aromatic ring is 1. The number of carboxylic acids is 2. The van der Waals surface area contributed by atoms with Crippen LogP contribution in [0.25, 0.3) is 20.8 Å². The zero-order valence-electron chi connectivity index (χ0n) is 18.9. The van der Waals surface area contributed by atoms with E-state index >= 15 is 0 Å². The lowest BCUT2D eigenvalue weighted by Gasteiger charge is -2.18. The van der Waals surface area contributed by atoms with Gasteiger partial charge in [-0.3, -0.25) is 0 Å². The van der Waals surface area contributed by atoms with Gasteiger partial charge in [-0.1, -0.05) is 13.8 Å². The molecule has 34 heavy (non-hydrogen) atoms. The Kier molecular flexibility index (Phi) is 10.2. The Balaban J connectivity index is 0.000000347. The van der Waals surface area contributed by atoms with Crippen molar-refractivity contribution < 1.29 is 34.8 Å². The molecule has 6 N–H and O–H groups in total. The molecule has 0 fully saturated rings. The molecule has 2 unspecified atom stereocenters. The molecule has 0 radical (unpaired) electrons. The molecule has 1 heterocycles. The molecular weight excluding hydrogens is 462 g/mol. The summed E-state index contributed by atoms with van der Waals surface area (Å²) in [6.45, 7) is 8.12. The van der Waals surface area contributed by atoms with Crippen LogP contribution in [0.2, 0.25) is 0 Å². The van der Waals surface area contributed by atoms with Crippen LogP contribution in [0.1, 0.15) is 13.8 Å². The van der Waals surface area contributed by atoms with E-state index in [-0.39, 0.29) is 0 Å². The number of aliphatic carboxylic acids is 2. The van der Waals surface area contributed by atoms with E-state index in [1.165, 1.54) is 0 Å². The van der Waals surface area contributed by atoms with Gasteiger partial charge in [0.1, 0.15) is 17.4 Å². The van der Waals surface area contributed by atoms with Crippen LogP contribution in [0.4, 0.5) is 5.69 Å². The monoisotopic (exact) mass is 491 g/mol. The molecule has 10 nitrogen and oxygen atoms in total. The topological polar surface area (TPSA) is 166 Å². The molecule has 3 rings (SSSR count). The van der Waals surface area contributed by atoms with Crippen LogP contribution < -0.4 is 10.5 Å². The van der Waals surface area contributed by atoms with Crippen molar-refractivity contribution in [1.82, 2.24) is 9.88 Å². The third kappa shape index (κ3) is 7.66. The van der Waals surface area contributed by atoms with Crippen LogP contribution in [-0.2, 0) is 9.59 Å². The highest BCUT2D eigenvalue weighted by Crippen LogP contribution is 2.32. The van der Waals surface area contributed by atoms with E-state index < -0.39 is 24.1 Å². The minimum Gasteiger partial charge on any atom is -0.492 e. The van der Waals surface area contributed by atoms with Crippen molar-refractivity contribution in [2.24, 2.45) is 0 Å². The van der Waals surface area contributed by atoms with Crippen molar-refractivity contribution in [1.29, 1.82) is 0 Å². The van der Waals surface area contributed by atoms with Crippen molar-refractivity contribution in [2.45, 2.75) is 26.1 Å². The fraction of sp³-hybridized carbons (Fsp3) is 0.348. The van der Waals surface area contributed by atoms with Crippen LogP contribution in [0, 0.1) is 0 Å². The van der Waals surface area contributed by atoms with Crippen molar-refractivity contribution in [3.63, 3.8) is 0 Å². The summed E-state index contributed by atoms with van der Waals surface area (Å²) in [5.41, 5.74) is 8.70. The number of anilines is 1. The van der Waals surface area contributed by atoms with Gasteiger partial charge in [0.15, 0.2) is 12.2 Å². The first-order valence-electron chi connectivity index (χ1n) is 10.6. The zero-order valence-corrected chi connectivity index (χ0v) is 19.7. The predicted octanol–water partition coefficient (Wildman–Crippen LogP) is 2.14. The third-order valence-corrected chi connectivity index (χ3v) is 5.96. The molecule has 0 aliphatic rings. The Morgan fingerprint density at radius 2 is 1.62 bits per heavy atom. The predicted molar refractivity (Wildman–Crippen MR) is 130 cm³/mol. The van der Waals surface area contributed by atoms with Crippen LogP contribution in [-0.4, -0.2) is 80.7 Å². The molecule has 0 amide bonds. The number of hydrogen-bond acceptors (Lipinski definition) is 9. The number of rotatable bonds is 10. The number of aromatic nitrogens is 1. The second-order valence-corrected chi connectivity index (χ2v) is 8.24. The Morgan fingerprint density at radius 1 is 1.03 bits per heavy atom. The molecule has 0 bridgehead atoms. The SMILES string of the molecule is CCN(CC)CCOc1ccc(-c2nc3ccc(N)cc3s2)cc1.O=C(O)C(O)C(O)C(=O)O. The van der Waals surface area contributed by atoms with Gasteiger partial charge < -0.3 is 35.8 Å². The lowest BCUT2D eigenvalue weighted by molar-refractivity contribution is -0.165. The minimum atomic E-state index is -2.27. The average molecular weight is 492 g/mol. The smallest absolute Gasteiger partial charge is 0.335 e. The Hall–Kier alpha value is -3.25. The summed E-state index contributed by atoms with van der Waals surface area (Å²) in [4.78, 5) is 26.6. The van der Waals surface area contributed by atoms with E-state index in [4.69, 9.17) is 30.9 Å². The van der Waals surface area contributed by atoms with Crippen molar-refractivity contribution in [3.05, 3.63) is 42.5 Å². The standard InChI is InChI=1S/C19H23N3OS.C4H6O6/c1-3-22(4-2)11-12-23-16-8-5-14(6-9-16)19-21-17-10-7-15(20)13-18(17)24-19;5-1(3(7)8)2(6)4(9)10/h5-10,13H,3-4,11-12,20H2,1-2H3;1-2,5-6H,(H,7,8)(H,9,10). The summed E-state index contributed by atoms with van der Waals surface area (Å²) in [6, 6.07) is 14.0. The number of nitrogens with two attached hydrogens (primary N) is 1. The van der Waals surface area contributed by atoms with Gasteiger partial charge in [-0.05, 0) is 55.6 Å². The lowest BCUT2D eigenvalue weighted by Crippen LogP contribution is -2.39. The van der Waals surface area contributed by atoms with Crippen molar-refractivity contribution in [2.75, 3.05) is 32.0 Å².